The van der Waals surface area contributed by atoms with Crippen molar-refractivity contribution in [1.82, 2.24) is 15.1 Å². The number of carboxylic acids is 2. The number of halogens is 4. The van der Waals surface area contributed by atoms with Crippen LogP contribution in [0, 0.1) is 12.3 Å². The van der Waals surface area contributed by atoms with Crippen LogP contribution >= 0.6 is 54.0 Å². The van der Waals surface area contributed by atoms with Gasteiger partial charge in [-0.25, -0.2) is 9.59 Å². The van der Waals surface area contributed by atoms with Crippen molar-refractivity contribution in [2.45, 2.75) is 26.2 Å². The van der Waals surface area contributed by atoms with Gasteiger partial charge >= 0.3 is 25.3 Å². The van der Waals surface area contributed by atoms with Crippen LogP contribution in [0.1, 0.15) is 37.0 Å². The third kappa shape index (κ3) is 12.9. The van der Waals surface area contributed by atoms with Crippen LogP contribution in [0.15, 0.2) is 33.5 Å². The molecule has 0 aliphatic carbocycles. The number of nitrogens with zero attached hydrogens (tertiary/aromatic N) is 2. The molecule has 0 amide bonds. The third-order valence-electron chi connectivity index (χ3n) is 4.80. The number of nitrogens with one attached hydrogen (secondary N) is 1. The van der Waals surface area contributed by atoms with E-state index in [-0.39, 0.29) is 38.0 Å². The van der Waals surface area contributed by atoms with Crippen LogP contribution in [0.25, 0.3) is 5.69 Å². The fraction of sp³-hybridized carbons (Fsp3) is 0.308. The van der Waals surface area contributed by atoms with Crippen LogP contribution in [0.5, 0.6) is 11.5 Å². The highest BCUT2D eigenvalue weighted by atomic mass is 35.5. The summed E-state index contributed by atoms with van der Waals surface area (Å²) in [6.07, 6.45) is 4.56. The Morgan fingerprint density at radius 2 is 1.69 bits per heavy atom. The molecule has 2 aromatic carbocycles. The van der Waals surface area contributed by atoms with Crippen LogP contribution in [0.4, 0.5) is 0 Å². The minimum atomic E-state index is -4.10. The molecule has 0 saturated carbocycles. The zero-order valence-corrected chi connectivity index (χ0v) is 27.9. The van der Waals surface area contributed by atoms with Gasteiger partial charge in [0.2, 0.25) is 5.89 Å². The van der Waals surface area contributed by atoms with Crippen molar-refractivity contribution in [3.05, 3.63) is 66.4 Å². The number of methoxy groups -OCH3 is 1. The van der Waals surface area contributed by atoms with Gasteiger partial charge in [-0.2, -0.15) is 4.68 Å². The maximum Gasteiger partial charge on any atom is 0.442 e. The Morgan fingerprint density at radius 3 is 2.13 bits per heavy atom. The minimum Gasteiger partial charge on any atom is -0.494 e. The molecular weight excluding hydrogens is 703 g/mol. The summed E-state index contributed by atoms with van der Waals surface area (Å²) in [4.78, 5) is 48.9. The standard InChI is InChI=1S/C15H14Cl2N2O3.C8H6Cl2O3.C3H8NO5P/c1-5-6-21-12-8-11(9(16)7-10(12)17)19-14(20)22-13(18-19)15(2,3)4;1-13-7-5(10)3-2-4(9)6(7)8(11)12;5-3(6)1-4-2-10(7,8)9/h1,7-8H,6H2,2-4H3;2-3H,1H3,(H,11,12);4H,1-2H2,(H,5,6)(H2,7,8,9). The first-order valence-electron chi connectivity index (χ1n) is 12.1. The average molecular weight is 731 g/mol. The monoisotopic (exact) mass is 729 g/mol. The number of aromatic nitrogens is 2. The lowest BCUT2D eigenvalue weighted by Crippen LogP contribution is -2.23. The Hall–Kier alpha value is -3.25. The highest BCUT2D eigenvalue weighted by Gasteiger charge is 2.24. The number of hydrogen-bond acceptors (Lipinski definition) is 9. The molecule has 0 bridgehead atoms. The summed E-state index contributed by atoms with van der Waals surface area (Å²) in [5, 5.41) is 23.9. The highest BCUT2D eigenvalue weighted by molar-refractivity contribution is 7.51. The second-order valence-electron chi connectivity index (χ2n) is 9.45. The number of carboxylic acid groups (broad SMARTS) is 2. The molecular formula is C26H28Cl4N3O11P. The van der Waals surface area contributed by atoms with Gasteiger partial charge in [-0.3, -0.25) is 14.7 Å². The first-order valence-corrected chi connectivity index (χ1v) is 15.4. The molecule has 14 nitrogen and oxygen atoms in total. The molecule has 0 spiro atoms. The number of hydrogen-bond donors (Lipinski definition) is 5. The van der Waals surface area contributed by atoms with E-state index in [0.29, 0.717) is 17.3 Å². The second-order valence-corrected chi connectivity index (χ2v) is 12.7. The van der Waals surface area contributed by atoms with E-state index >= 15 is 0 Å². The highest BCUT2D eigenvalue weighted by Crippen LogP contribution is 2.34. The number of rotatable bonds is 9. The molecule has 0 radical (unpaired) electrons. The Bertz CT molecular complexity index is 1660. The van der Waals surface area contributed by atoms with Crippen molar-refractivity contribution in [3.8, 4) is 29.5 Å². The molecule has 1 aromatic heterocycles. The normalized spacial score (nSPS) is 10.9. The number of aromatic carboxylic acids is 1. The van der Waals surface area contributed by atoms with E-state index in [2.05, 4.69) is 16.3 Å². The van der Waals surface area contributed by atoms with Crippen LogP contribution in [-0.2, 0) is 14.8 Å². The molecule has 3 aromatic rings. The van der Waals surface area contributed by atoms with Gasteiger partial charge in [0.05, 0.1) is 45.7 Å². The lowest BCUT2D eigenvalue weighted by atomic mass is 9.97. The van der Waals surface area contributed by atoms with E-state index in [1.807, 2.05) is 20.8 Å². The van der Waals surface area contributed by atoms with E-state index in [1.165, 1.54) is 31.4 Å². The Balaban J connectivity index is 0.000000374. The average Bonchev–Trinajstić information content (AvgIpc) is 3.31. The van der Waals surface area contributed by atoms with Crippen molar-refractivity contribution in [2.75, 3.05) is 26.5 Å². The molecule has 5 N–H and O–H groups in total. The summed E-state index contributed by atoms with van der Waals surface area (Å²) in [6.45, 7) is 5.25. The number of aliphatic carboxylic acids is 1. The fourth-order valence-corrected chi connectivity index (χ4v) is 4.27. The van der Waals surface area contributed by atoms with Gasteiger partial charge in [0, 0.05) is 11.5 Å². The number of terminal acetylenes is 1. The van der Waals surface area contributed by atoms with Gasteiger partial charge in [0.25, 0.3) is 0 Å². The number of benzene rings is 2. The predicted octanol–water partition coefficient (Wildman–Crippen LogP) is 4.94. The first kappa shape index (κ1) is 39.8. The van der Waals surface area contributed by atoms with Gasteiger partial charge in [0.15, 0.2) is 5.75 Å². The smallest absolute Gasteiger partial charge is 0.442 e. The molecule has 0 atom stereocenters. The fourth-order valence-electron chi connectivity index (χ4n) is 2.88. The van der Waals surface area contributed by atoms with E-state index < -0.39 is 43.5 Å². The molecule has 0 aliphatic rings. The molecule has 3 rings (SSSR count). The van der Waals surface area contributed by atoms with Crippen LogP contribution in [0.2, 0.25) is 20.1 Å². The molecule has 0 aliphatic heterocycles. The van der Waals surface area contributed by atoms with Crippen molar-refractivity contribution in [2.24, 2.45) is 0 Å². The van der Waals surface area contributed by atoms with E-state index in [0.717, 1.165) is 4.68 Å². The number of ether oxygens (including phenoxy) is 2. The van der Waals surface area contributed by atoms with Crippen LogP contribution in [-0.4, -0.2) is 68.3 Å². The van der Waals surface area contributed by atoms with Gasteiger partial charge in [-0.1, -0.05) is 73.1 Å². The summed E-state index contributed by atoms with van der Waals surface area (Å²) in [6, 6.07) is 5.85. The SMILES string of the molecule is C#CCOc1cc(-n2nc(C(C)(C)C)oc2=O)c(Cl)cc1Cl.COc1c(Cl)ccc(Cl)c1C(=O)O.O=C(O)CNCP(=O)(O)O. The zero-order valence-electron chi connectivity index (χ0n) is 24.0. The first-order chi connectivity index (χ1) is 20.7. The summed E-state index contributed by atoms with van der Waals surface area (Å²) < 4.78 is 26.4. The Kier molecular flexibility index (Phi) is 15.4. The summed E-state index contributed by atoms with van der Waals surface area (Å²) in [5.74, 6) is 0.0837. The summed E-state index contributed by atoms with van der Waals surface area (Å²) >= 11 is 23.5. The van der Waals surface area contributed by atoms with E-state index in [9.17, 15) is 18.9 Å². The molecule has 45 heavy (non-hydrogen) atoms. The lowest BCUT2D eigenvalue weighted by molar-refractivity contribution is -0.135. The maximum atomic E-state index is 12.0. The molecule has 0 saturated heterocycles. The molecule has 0 fully saturated rings. The Morgan fingerprint density at radius 1 is 1.09 bits per heavy atom. The largest absolute Gasteiger partial charge is 0.494 e. The third-order valence-corrected chi connectivity index (χ3v) is 6.65. The van der Waals surface area contributed by atoms with E-state index in [1.54, 1.807) is 0 Å². The van der Waals surface area contributed by atoms with Crippen LogP contribution in [0.3, 0.4) is 0 Å². The van der Waals surface area contributed by atoms with Crippen molar-refractivity contribution >= 4 is 65.9 Å². The quantitative estimate of drug-likeness (QED) is 0.146. The van der Waals surface area contributed by atoms with Gasteiger partial charge < -0.3 is 33.9 Å². The van der Waals surface area contributed by atoms with Gasteiger partial charge in [0.1, 0.15) is 17.9 Å². The predicted molar refractivity (Wildman–Crippen MR) is 168 cm³/mol. The second kappa shape index (κ2) is 17.4. The van der Waals surface area contributed by atoms with Crippen LogP contribution < -0.4 is 20.5 Å². The molecule has 246 valence electrons. The van der Waals surface area contributed by atoms with Crippen molar-refractivity contribution in [3.63, 3.8) is 0 Å². The van der Waals surface area contributed by atoms with Crippen molar-refractivity contribution in [1.29, 1.82) is 0 Å². The van der Waals surface area contributed by atoms with E-state index in [4.69, 9.17) is 86.7 Å². The van der Waals surface area contributed by atoms with Crippen molar-refractivity contribution < 1.29 is 48.0 Å². The Labute approximate surface area is 276 Å². The minimum absolute atomic E-state index is 0.0434. The number of carbonyl (C=O) groups is 2. The lowest BCUT2D eigenvalue weighted by Gasteiger charge is -2.11. The van der Waals surface area contributed by atoms with Gasteiger partial charge in [-0.05, 0) is 18.2 Å². The molecule has 0 unspecified atom stereocenters. The molecule has 19 heteroatoms. The summed E-state index contributed by atoms with van der Waals surface area (Å²) in [5.41, 5.74) is -0.217. The molecule has 1 heterocycles. The summed E-state index contributed by atoms with van der Waals surface area (Å²) in [7, 11) is -2.76. The maximum absolute atomic E-state index is 12.0. The zero-order chi connectivity index (χ0) is 34.7. The topological polar surface area (TPSA) is 211 Å². The van der Waals surface area contributed by atoms with Gasteiger partial charge in [-0.15, -0.1) is 11.5 Å².